The van der Waals surface area contributed by atoms with Gasteiger partial charge in [-0.1, -0.05) is 6.92 Å². The maximum atomic E-state index is 4.45. The van der Waals surface area contributed by atoms with Crippen molar-refractivity contribution in [1.82, 2.24) is 24.9 Å². The molecule has 0 aliphatic heterocycles. The highest BCUT2D eigenvalue weighted by Crippen LogP contribution is 2.12. The van der Waals surface area contributed by atoms with E-state index in [0.717, 1.165) is 25.2 Å². The monoisotopic (exact) mass is 261 g/mol. The summed E-state index contributed by atoms with van der Waals surface area (Å²) in [4.78, 5) is 0. The van der Waals surface area contributed by atoms with Gasteiger partial charge in [-0.15, -0.1) is 0 Å². The molecule has 0 spiro atoms. The van der Waals surface area contributed by atoms with Crippen LogP contribution in [0.3, 0.4) is 0 Å². The minimum absolute atomic E-state index is 0.851. The number of nitrogens with zero attached hydrogens (tertiary/aromatic N) is 4. The largest absolute Gasteiger partial charge is 0.308 e. The van der Waals surface area contributed by atoms with Crippen molar-refractivity contribution in [3.63, 3.8) is 0 Å². The average molecular weight is 261 g/mol. The number of aryl methyl sites for hydroxylation is 4. The lowest BCUT2D eigenvalue weighted by atomic mass is 10.2. The molecule has 0 saturated heterocycles. The first-order valence-electron chi connectivity index (χ1n) is 6.74. The molecule has 104 valence electrons. The smallest absolute Gasteiger partial charge is 0.0666 e. The van der Waals surface area contributed by atoms with E-state index in [0.29, 0.717) is 0 Å². The lowest BCUT2D eigenvalue weighted by Gasteiger charge is -2.05. The highest BCUT2D eigenvalue weighted by Gasteiger charge is 2.10. The van der Waals surface area contributed by atoms with Gasteiger partial charge in [-0.2, -0.15) is 10.2 Å². The third-order valence-corrected chi connectivity index (χ3v) is 3.60. The second-order valence-electron chi connectivity index (χ2n) is 5.00. The average Bonchev–Trinajstić information content (AvgIpc) is 2.84. The molecule has 1 N–H and O–H groups in total. The molecule has 2 rings (SSSR count). The number of nitrogens with one attached hydrogen (secondary N) is 1. The maximum absolute atomic E-state index is 4.45. The Balaban J connectivity index is 2.00. The molecule has 0 fully saturated rings. The van der Waals surface area contributed by atoms with Crippen LogP contribution >= 0.6 is 0 Å². The number of rotatable bonds is 5. The number of hydrogen-bond acceptors (Lipinski definition) is 3. The summed E-state index contributed by atoms with van der Waals surface area (Å²) >= 11 is 0. The van der Waals surface area contributed by atoms with Crippen molar-refractivity contribution in [1.29, 1.82) is 0 Å². The van der Waals surface area contributed by atoms with Crippen molar-refractivity contribution >= 4 is 0 Å². The Bertz CT molecular complexity index is 565. The summed E-state index contributed by atoms with van der Waals surface area (Å²) in [6.07, 6.45) is 3.07. The molecule has 0 atom stereocenters. The molecule has 0 radical (unpaired) electrons. The normalized spacial score (nSPS) is 11.2. The van der Waals surface area contributed by atoms with Crippen LogP contribution in [0.4, 0.5) is 0 Å². The van der Waals surface area contributed by atoms with E-state index in [-0.39, 0.29) is 0 Å². The highest BCUT2D eigenvalue weighted by atomic mass is 15.3. The van der Waals surface area contributed by atoms with Gasteiger partial charge >= 0.3 is 0 Å². The van der Waals surface area contributed by atoms with Crippen LogP contribution < -0.4 is 5.32 Å². The quantitative estimate of drug-likeness (QED) is 0.890. The molecule has 2 aromatic rings. The molecule has 0 bridgehead atoms. The van der Waals surface area contributed by atoms with Gasteiger partial charge in [0.25, 0.3) is 0 Å². The number of hydrogen-bond donors (Lipinski definition) is 1. The van der Waals surface area contributed by atoms with Crippen LogP contribution in [0.2, 0.25) is 0 Å². The summed E-state index contributed by atoms with van der Waals surface area (Å²) in [6, 6.07) is 0. The number of aromatic nitrogens is 4. The predicted octanol–water partition coefficient (Wildman–Crippen LogP) is 1.62. The SMILES string of the molecule is CCc1nn(C)cc1CNCc1c(C)nn(C)c1C. The van der Waals surface area contributed by atoms with Crippen LogP contribution in [-0.4, -0.2) is 19.6 Å². The fourth-order valence-corrected chi connectivity index (χ4v) is 2.42. The Morgan fingerprint density at radius 3 is 2.47 bits per heavy atom. The third-order valence-electron chi connectivity index (χ3n) is 3.60. The first-order chi connectivity index (χ1) is 9.02. The molecule has 0 aliphatic rings. The molecular formula is C14H23N5. The van der Waals surface area contributed by atoms with Crippen LogP contribution in [0.1, 0.15) is 35.1 Å². The molecule has 0 aromatic carbocycles. The van der Waals surface area contributed by atoms with E-state index in [4.69, 9.17) is 0 Å². The molecule has 0 unspecified atom stereocenters. The summed E-state index contributed by atoms with van der Waals surface area (Å²) in [6.45, 7) is 8.01. The molecule has 0 aliphatic carbocycles. The van der Waals surface area contributed by atoms with Crippen molar-refractivity contribution in [2.75, 3.05) is 0 Å². The van der Waals surface area contributed by atoms with Crippen molar-refractivity contribution < 1.29 is 0 Å². The van der Waals surface area contributed by atoms with Gasteiger partial charge in [0.15, 0.2) is 0 Å². The van der Waals surface area contributed by atoms with Crippen LogP contribution in [0, 0.1) is 13.8 Å². The molecule has 0 amide bonds. The fourth-order valence-electron chi connectivity index (χ4n) is 2.42. The highest BCUT2D eigenvalue weighted by molar-refractivity contribution is 5.24. The Morgan fingerprint density at radius 1 is 1.16 bits per heavy atom. The summed E-state index contributed by atoms with van der Waals surface area (Å²) in [5.74, 6) is 0. The van der Waals surface area contributed by atoms with Crippen molar-refractivity contribution in [3.8, 4) is 0 Å². The van der Waals surface area contributed by atoms with Crippen molar-refractivity contribution in [3.05, 3.63) is 34.4 Å². The molecule has 5 nitrogen and oxygen atoms in total. The lowest BCUT2D eigenvalue weighted by molar-refractivity contribution is 0.679. The van der Waals surface area contributed by atoms with Gasteiger partial charge in [0.2, 0.25) is 0 Å². The van der Waals surface area contributed by atoms with Gasteiger partial charge in [-0.25, -0.2) is 0 Å². The molecule has 2 aromatic heterocycles. The zero-order chi connectivity index (χ0) is 14.0. The minimum Gasteiger partial charge on any atom is -0.308 e. The Hall–Kier alpha value is -1.62. The minimum atomic E-state index is 0.851. The zero-order valence-electron chi connectivity index (χ0n) is 12.5. The third kappa shape index (κ3) is 2.87. The van der Waals surface area contributed by atoms with E-state index in [2.05, 4.69) is 42.5 Å². The van der Waals surface area contributed by atoms with Gasteiger partial charge in [0.1, 0.15) is 0 Å². The summed E-state index contributed by atoms with van der Waals surface area (Å²) in [5, 5.41) is 12.4. The zero-order valence-corrected chi connectivity index (χ0v) is 12.5. The summed E-state index contributed by atoms with van der Waals surface area (Å²) < 4.78 is 3.82. The summed E-state index contributed by atoms with van der Waals surface area (Å²) in [7, 11) is 3.96. The topological polar surface area (TPSA) is 47.7 Å². The van der Waals surface area contributed by atoms with E-state index in [1.165, 1.54) is 22.5 Å². The predicted molar refractivity (Wildman–Crippen MR) is 75.8 cm³/mol. The molecular weight excluding hydrogens is 238 g/mol. The van der Waals surface area contributed by atoms with Crippen LogP contribution in [-0.2, 0) is 33.6 Å². The van der Waals surface area contributed by atoms with Crippen molar-refractivity contribution in [2.45, 2.75) is 40.3 Å². The first-order valence-corrected chi connectivity index (χ1v) is 6.74. The van der Waals surface area contributed by atoms with E-state index < -0.39 is 0 Å². The van der Waals surface area contributed by atoms with E-state index in [1.807, 2.05) is 23.5 Å². The maximum Gasteiger partial charge on any atom is 0.0666 e. The van der Waals surface area contributed by atoms with E-state index in [1.54, 1.807) is 0 Å². The molecule has 19 heavy (non-hydrogen) atoms. The fraction of sp³-hybridized carbons (Fsp3) is 0.571. The van der Waals surface area contributed by atoms with Crippen LogP contribution in [0.15, 0.2) is 6.20 Å². The van der Waals surface area contributed by atoms with Gasteiger partial charge in [0, 0.05) is 50.2 Å². The molecule has 0 saturated carbocycles. The second kappa shape index (κ2) is 5.57. The van der Waals surface area contributed by atoms with Gasteiger partial charge < -0.3 is 5.32 Å². The molecule has 5 heteroatoms. The first kappa shape index (κ1) is 13.8. The Labute approximate surface area is 114 Å². The summed E-state index contributed by atoms with van der Waals surface area (Å²) in [5.41, 5.74) is 6.09. The Kier molecular flexibility index (Phi) is 4.04. The standard InChI is InChI=1S/C14H23N5/c1-6-14-12(9-18(4)17-14)7-15-8-13-10(2)16-19(5)11(13)3/h9,15H,6-8H2,1-5H3. The molecule has 2 heterocycles. The van der Waals surface area contributed by atoms with E-state index >= 15 is 0 Å². The van der Waals surface area contributed by atoms with Gasteiger partial charge in [0.05, 0.1) is 11.4 Å². The van der Waals surface area contributed by atoms with Crippen molar-refractivity contribution in [2.24, 2.45) is 14.1 Å². The second-order valence-corrected chi connectivity index (χ2v) is 5.00. The van der Waals surface area contributed by atoms with Gasteiger partial charge in [-0.3, -0.25) is 9.36 Å². The lowest BCUT2D eigenvalue weighted by Crippen LogP contribution is -2.14. The van der Waals surface area contributed by atoms with Gasteiger partial charge in [-0.05, 0) is 20.3 Å². The van der Waals surface area contributed by atoms with E-state index in [9.17, 15) is 0 Å². The Morgan fingerprint density at radius 2 is 1.89 bits per heavy atom. The van der Waals surface area contributed by atoms with Crippen LogP contribution in [0.5, 0.6) is 0 Å². The van der Waals surface area contributed by atoms with Crippen LogP contribution in [0.25, 0.3) is 0 Å².